The Kier molecular flexibility index (Phi) is 4.31. The molecule has 3 rings (SSSR count). The van der Waals surface area contributed by atoms with Crippen molar-refractivity contribution in [2.45, 2.75) is 0 Å². The van der Waals surface area contributed by atoms with E-state index < -0.39 is 0 Å². The van der Waals surface area contributed by atoms with Gasteiger partial charge in [-0.25, -0.2) is 4.99 Å². The number of amidine groups is 1. The van der Waals surface area contributed by atoms with Crippen LogP contribution in [0.5, 0.6) is 5.75 Å². The standard InChI is InChI=1S/C16H11BrN2O2S/c17-12-8-10(6-7-13(12)20)9-14-15(21)19-16(22-14)18-11-4-2-1-3-5-11/h1-9,20H,(H,18,19,21). The molecule has 1 saturated heterocycles. The molecule has 0 bridgehead atoms. The van der Waals surface area contributed by atoms with Crippen LogP contribution in [-0.2, 0) is 4.79 Å². The van der Waals surface area contributed by atoms with Gasteiger partial charge in [-0.2, -0.15) is 0 Å². The van der Waals surface area contributed by atoms with Crippen molar-refractivity contribution in [1.29, 1.82) is 0 Å². The van der Waals surface area contributed by atoms with E-state index in [2.05, 4.69) is 26.2 Å². The van der Waals surface area contributed by atoms with Crippen molar-refractivity contribution >= 4 is 50.5 Å². The average molecular weight is 375 g/mol. The van der Waals surface area contributed by atoms with Crippen molar-refractivity contribution in [3.05, 3.63) is 63.5 Å². The monoisotopic (exact) mass is 374 g/mol. The number of nitrogens with one attached hydrogen (secondary N) is 1. The summed E-state index contributed by atoms with van der Waals surface area (Å²) in [6.07, 6.45) is 1.76. The Morgan fingerprint density at radius 3 is 2.68 bits per heavy atom. The predicted octanol–water partition coefficient (Wildman–Crippen LogP) is 4.05. The number of benzene rings is 2. The molecule has 2 aromatic carbocycles. The van der Waals surface area contributed by atoms with Gasteiger partial charge in [-0.1, -0.05) is 24.3 Å². The van der Waals surface area contributed by atoms with Crippen molar-refractivity contribution in [3.8, 4) is 5.75 Å². The van der Waals surface area contributed by atoms with Gasteiger partial charge in [0.15, 0.2) is 5.17 Å². The number of carbonyl (C=O) groups is 1. The molecule has 0 spiro atoms. The smallest absolute Gasteiger partial charge is 0.264 e. The summed E-state index contributed by atoms with van der Waals surface area (Å²) in [4.78, 5) is 16.9. The lowest BCUT2D eigenvalue weighted by Crippen LogP contribution is -2.19. The first-order valence-electron chi connectivity index (χ1n) is 6.45. The van der Waals surface area contributed by atoms with Crippen LogP contribution in [0.25, 0.3) is 6.08 Å². The molecule has 2 aromatic rings. The van der Waals surface area contributed by atoms with Crippen LogP contribution in [0.2, 0.25) is 0 Å². The number of carbonyl (C=O) groups excluding carboxylic acids is 1. The topological polar surface area (TPSA) is 61.7 Å². The minimum absolute atomic E-state index is 0.164. The Morgan fingerprint density at radius 2 is 1.95 bits per heavy atom. The number of nitrogens with zero attached hydrogens (tertiary/aromatic N) is 1. The predicted molar refractivity (Wildman–Crippen MR) is 93.1 cm³/mol. The zero-order valence-electron chi connectivity index (χ0n) is 11.3. The number of aliphatic imine (C=N–C) groups is 1. The van der Waals surface area contributed by atoms with Crippen molar-refractivity contribution in [2.75, 3.05) is 0 Å². The fourth-order valence-electron chi connectivity index (χ4n) is 1.86. The lowest BCUT2D eigenvalue weighted by atomic mass is 10.2. The van der Waals surface area contributed by atoms with Gasteiger partial charge >= 0.3 is 0 Å². The first-order valence-corrected chi connectivity index (χ1v) is 8.06. The van der Waals surface area contributed by atoms with Crippen LogP contribution in [0.15, 0.2) is 62.9 Å². The lowest BCUT2D eigenvalue weighted by molar-refractivity contribution is -0.115. The summed E-state index contributed by atoms with van der Waals surface area (Å²) >= 11 is 4.55. The SMILES string of the molecule is O=C1NC(=Nc2ccccc2)SC1=Cc1ccc(O)c(Br)c1. The zero-order chi connectivity index (χ0) is 15.5. The van der Waals surface area contributed by atoms with E-state index in [1.165, 1.54) is 11.8 Å². The van der Waals surface area contributed by atoms with E-state index >= 15 is 0 Å². The average Bonchev–Trinajstić information content (AvgIpc) is 2.84. The van der Waals surface area contributed by atoms with Crippen LogP contribution in [0.4, 0.5) is 5.69 Å². The van der Waals surface area contributed by atoms with Gasteiger partial charge in [0.2, 0.25) is 0 Å². The molecule has 0 atom stereocenters. The van der Waals surface area contributed by atoms with Gasteiger partial charge < -0.3 is 10.4 Å². The van der Waals surface area contributed by atoms with Gasteiger partial charge in [-0.05, 0) is 63.6 Å². The van der Waals surface area contributed by atoms with E-state index in [4.69, 9.17) is 0 Å². The second-order valence-electron chi connectivity index (χ2n) is 4.53. The quantitative estimate of drug-likeness (QED) is 0.779. The second kappa shape index (κ2) is 6.37. The molecule has 1 heterocycles. The van der Waals surface area contributed by atoms with E-state index in [0.717, 1.165) is 11.3 Å². The van der Waals surface area contributed by atoms with E-state index in [0.29, 0.717) is 14.5 Å². The van der Waals surface area contributed by atoms with E-state index in [1.54, 1.807) is 24.3 Å². The third kappa shape index (κ3) is 3.40. The third-order valence-corrected chi connectivity index (χ3v) is 4.45. The number of aromatic hydroxyl groups is 1. The molecule has 1 aliphatic rings. The Morgan fingerprint density at radius 1 is 1.18 bits per heavy atom. The van der Waals surface area contributed by atoms with Crippen molar-refractivity contribution < 1.29 is 9.90 Å². The van der Waals surface area contributed by atoms with Crippen LogP contribution >= 0.6 is 27.7 Å². The highest BCUT2D eigenvalue weighted by molar-refractivity contribution is 9.10. The number of amides is 1. The highest BCUT2D eigenvalue weighted by atomic mass is 79.9. The molecule has 110 valence electrons. The lowest BCUT2D eigenvalue weighted by Gasteiger charge is -1.99. The van der Waals surface area contributed by atoms with Gasteiger partial charge in [0.25, 0.3) is 5.91 Å². The summed E-state index contributed by atoms with van der Waals surface area (Å²) in [5, 5.41) is 12.8. The summed E-state index contributed by atoms with van der Waals surface area (Å²) in [5.74, 6) is -0.0131. The third-order valence-electron chi connectivity index (χ3n) is 2.91. The summed E-state index contributed by atoms with van der Waals surface area (Å²) in [7, 11) is 0. The second-order valence-corrected chi connectivity index (χ2v) is 6.41. The molecular weight excluding hydrogens is 364 g/mol. The van der Waals surface area contributed by atoms with Crippen LogP contribution in [0.3, 0.4) is 0 Å². The van der Waals surface area contributed by atoms with Crippen molar-refractivity contribution in [2.24, 2.45) is 4.99 Å². The number of rotatable bonds is 2. The van der Waals surface area contributed by atoms with E-state index in [-0.39, 0.29) is 11.7 Å². The Labute approximate surface area is 140 Å². The number of para-hydroxylation sites is 1. The molecule has 1 fully saturated rings. The van der Waals surface area contributed by atoms with E-state index in [9.17, 15) is 9.90 Å². The minimum atomic E-state index is -0.177. The number of phenolic OH excluding ortho intramolecular Hbond substituents is 1. The molecule has 0 aromatic heterocycles. The van der Waals surface area contributed by atoms with Crippen LogP contribution < -0.4 is 5.32 Å². The fourth-order valence-corrected chi connectivity index (χ4v) is 3.10. The summed E-state index contributed by atoms with van der Waals surface area (Å²) in [6, 6.07) is 14.5. The van der Waals surface area contributed by atoms with Gasteiger partial charge in [0.1, 0.15) is 5.75 Å². The number of phenols is 1. The Balaban J connectivity index is 1.84. The zero-order valence-corrected chi connectivity index (χ0v) is 13.7. The van der Waals surface area contributed by atoms with Crippen LogP contribution in [-0.4, -0.2) is 16.2 Å². The molecule has 1 amide bonds. The van der Waals surface area contributed by atoms with Crippen molar-refractivity contribution in [3.63, 3.8) is 0 Å². The summed E-state index contributed by atoms with van der Waals surface area (Å²) < 4.78 is 0.587. The van der Waals surface area contributed by atoms with Crippen molar-refractivity contribution in [1.82, 2.24) is 5.32 Å². The normalized spacial score (nSPS) is 18.0. The molecule has 0 unspecified atom stereocenters. The molecule has 0 aliphatic carbocycles. The summed E-state index contributed by atoms with van der Waals surface area (Å²) in [6.45, 7) is 0. The first-order chi connectivity index (χ1) is 10.6. The van der Waals surface area contributed by atoms with Gasteiger partial charge in [0.05, 0.1) is 15.1 Å². The largest absolute Gasteiger partial charge is 0.507 e. The summed E-state index contributed by atoms with van der Waals surface area (Å²) in [5.41, 5.74) is 1.61. The fraction of sp³-hybridized carbons (Fsp3) is 0. The molecule has 6 heteroatoms. The molecule has 22 heavy (non-hydrogen) atoms. The minimum Gasteiger partial charge on any atom is -0.507 e. The first kappa shape index (κ1) is 14.9. The number of hydrogen-bond donors (Lipinski definition) is 2. The molecule has 2 N–H and O–H groups in total. The highest BCUT2D eigenvalue weighted by Crippen LogP contribution is 2.30. The Bertz CT molecular complexity index is 788. The van der Waals surface area contributed by atoms with Gasteiger partial charge in [-0.15, -0.1) is 0 Å². The number of halogens is 1. The van der Waals surface area contributed by atoms with Gasteiger partial charge in [0, 0.05) is 0 Å². The molecule has 0 saturated carbocycles. The Hall–Kier alpha value is -2.05. The number of hydrogen-bond acceptors (Lipinski definition) is 4. The molecule has 4 nitrogen and oxygen atoms in total. The van der Waals surface area contributed by atoms with Crippen LogP contribution in [0, 0.1) is 0 Å². The molecule has 1 aliphatic heterocycles. The highest BCUT2D eigenvalue weighted by Gasteiger charge is 2.23. The molecule has 0 radical (unpaired) electrons. The number of thioether (sulfide) groups is 1. The maximum Gasteiger partial charge on any atom is 0.264 e. The van der Waals surface area contributed by atoms with E-state index in [1.807, 2.05) is 30.3 Å². The maximum absolute atomic E-state index is 12.0. The molecular formula is C16H11BrN2O2S. The van der Waals surface area contributed by atoms with Gasteiger partial charge in [-0.3, -0.25) is 4.79 Å². The maximum atomic E-state index is 12.0. The van der Waals surface area contributed by atoms with Crippen LogP contribution in [0.1, 0.15) is 5.56 Å².